The highest BCUT2D eigenvalue weighted by molar-refractivity contribution is 5.65. The van der Waals surface area contributed by atoms with Crippen LogP contribution in [-0.4, -0.2) is 51.4 Å². The third-order valence-electron chi connectivity index (χ3n) is 6.29. The van der Waals surface area contributed by atoms with Crippen LogP contribution in [0, 0.1) is 6.92 Å². The van der Waals surface area contributed by atoms with Gasteiger partial charge in [-0.2, -0.15) is 0 Å². The molecule has 3 heterocycles. The van der Waals surface area contributed by atoms with Gasteiger partial charge < -0.3 is 19.5 Å². The van der Waals surface area contributed by atoms with E-state index in [2.05, 4.69) is 55.7 Å². The maximum Gasteiger partial charge on any atom is 0.149 e. The molecule has 0 bridgehead atoms. The van der Waals surface area contributed by atoms with Crippen molar-refractivity contribution in [1.29, 1.82) is 0 Å². The number of ether oxygens (including phenoxy) is 1. The van der Waals surface area contributed by atoms with Crippen LogP contribution >= 0.6 is 0 Å². The molecule has 1 aliphatic rings. The number of hydrogen-bond acceptors (Lipinski definition) is 6. The van der Waals surface area contributed by atoms with E-state index in [9.17, 15) is 0 Å². The van der Waals surface area contributed by atoms with Crippen LogP contribution in [0.15, 0.2) is 73.2 Å². The highest BCUT2D eigenvalue weighted by Crippen LogP contribution is 2.29. The Kier molecular flexibility index (Phi) is 6.53. The van der Waals surface area contributed by atoms with Crippen molar-refractivity contribution in [3.05, 3.63) is 84.4 Å². The van der Waals surface area contributed by atoms with Crippen LogP contribution in [-0.2, 0) is 0 Å². The van der Waals surface area contributed by atoms with Gasteiger partial charge in [0.2, 0.25) is 0 Å². The molecule has 2 aromatic heterocycles. The molecule has 174 valence electrons. The SMILES string of the molecule is COc1cc(-c2ccc(NC(CN3CCCC3)c3ccccc3)nn2)ccc1-n1cnc(C)c1. The molecule has 7 nitrogen and oxygen atoms in total. The average Bonchev–Trinajstić information content (AvgIpc) is 3.56. The number of hydrogen-bond donors (Lipinski definition) is 1. The van der Waals surface area contributed by atoms with Crippen LogP contribution in [0.4, 0.5) is 5.82 Å². The monoisotopic (exact) mass is 454 g/mol. The predicted octanol–water partition coefficient (Wildman–Crippen LogP) is 4.90. The molecular weight excluding hydrogens is 424 g/mol. The minimum atomic E-state index is 0.164. The summed E-state index contributed by atoms with van der Waals surface area (Å²) >= 11 is 0. The normalized spacial score (nSPS) is 14.8. The Bertz CT molecular complexity index is 1220. The lowest BCUT2D eigenvalue weighted by atomic mass is 10.1. The minimum absolute atomic E-state index is 0.164. The van der Waals surface area contributed by atoms with Gasteiger partial charge in [-0.25, -0.2) is 4.98 Å². The van der Waals surface area contributed by atoms with Gasteiger partial charge in [0.15, 0.2) is 0 Å². The smallest absolute Gasteiger partial charge is 0.149 e. The first-order valence-corrected chi connectivity index (χ1v) is 11.8. The van der Waals surface area contributed by atoms with Gasteiger partial charge in [0.05, 0.1) is 36.6 Å². The molecule has 1 fully saturated rings. The van der Waals surface area contributed by atoms with Crippen molar-refractivity contribution in [3.8, 4) is 22.7 Å². The summed E-state index contributed by atoms with van der Waals surface area (Å²) in [6.07, 6.45) is 6.32. The molecule has 0 saturated carbocycles. The highest BCUT2D eigenvalue weighted by atomic mass is 16.5. The number of nitrogens with one attached hydrogen (secondary N) is 1. The van der Waals surface area contributed by atoms with Crippen LogP contribution in [0.1, 0.15) is 30.1 Å². The molecule has 4 aromatic rings. The van der Waals surface area contributed by atoms with Gasteiger partial charge in [0.1, 0.15) is 11.6 Å². The highest BCUT2D eigenvalue weighted by Gasteiger charge is 2.19. The molecule has 34 heavy (non-hydrogen) atoms. The van der Waals surface area contributed by atoms with E-state index >= 15 is 0 Å². The van der Waals surface area contributed by atoms with Crippen LogP contribution in [0.2, 0.25) is 0 Å². The maximum atomic E-state index is 5.65. The lowest BCUT2D eigenvalue weighted by Gasteiger charge is -2.25. The van der Waals surface area contributed by atoms with Crippen molar-refractivity contribution in [1.82, 2.24) is 24.6 Å². The van der Waals surface area contributed by atoms with E-state index in [1.807, 2.05) is 48.0 Å². The summed E-state index contributed by atoms with van der Waals surface area (Å²) in [5.41, 5.74) is 4.90. The Morgan fingerprint density at radius 3 is 2.50 bits per heavy atom. The fourth-order valence-electron chi connectivity index (χ4n) is 4.49. The van der Waals surface area contributed by atoms with Gasteiger partial charge in [-0.3, -0.25) is 0 Å². The number of rotatable bonds is 8. The number of likely N-dealkylation sites (tertiary alicyclic amines) is 1. The summed E-state index contributed by atoms with van der Waals surface area (Å²) < 4.78 is 7.61. The fraction of sp³-hybridized carbons (Fsp3) is 0.296. The molecule has 1 atom stereocenters. The molecule has 0 amide bonds. The molecule has 1 saturated heterocycles. The van der Waals surface area contributed by atoms with Gasteiger partial charge >= 0.3 is 0 Å². The quantitative estimate of drug-likeness (QED) is 0.409. The van der Waals surface area contributed by atoms with Gasteiger partial charge in [0, 0.05) is 18.3 Å². The van der Waals surface area contributed by atoms with Crippen LogP contribution < -0.4 is 10.1 Å². The number of aromatic nitrogens is 4. The van der Waals surface area contributed by atoms with Gasteiger partial charge in [0.25, 0.3) is 0 Å². The third kappa shape index (κ3) is 4.94. The summed E-state index contributed by atoms with van der Waals surface area (Å²) in [5, 5.41) is 12.6. The zero-order valence-corrected chi connectivity index (χ0v) is 19.7. The van der Waals surface area contributed by atoms with E-state index in [-0.39, 0.29) is 6.04 Å². The van der Waals surface area contributed by atoms with E-state index in [0.717, 1.165) is 53.8 Å². The maximum absolute atomic E-state index is 5.65. The second-order valence-corrected chi connectivity index (χ2v) is 8.73. The summed E-state index contributed by atoms with van der Waals surface area (Å²) in [7, 11) is 1.68. The number of anilines is 1. The summed E-state index contributed by atoms with van der Waals surface area (Å²) in [5.74, 6) is 1.53. The van der Waals surface area contributed by atoms with Crippen molar-refractivity contribution in [2.24, 2.45) is 0 Å². The first-order chi connectivity index (χ1) is 16.7. The fourth-order valence-corrected chi connectivity index (χ4v) is 4.49. The Hall–Kier alpha value is -3.71. The molecule has 1 aliphatic heterocycles. The molecule has 0 aliphatic carbocycles. The van der Waals surface area contributed by atoms with Crippen LogP contribution in [0.25, 0.3) is 16.9 Å². The van der Waals surface area contributed by atoms with E-state index in [1.165, 1.54) is 18.4 Å². The molecule has 1 unspecified atom stereocenters. The van der Waals surface area contributed by atoms with E-state index in [0.29, 0.717) is 0 Å². The van der Waals surface area contributed by atoms with E-state index in [1.54, 1.807) is 13.4 Å². The summed E-state index contributed by atoms with van der Waals surface area (Å²) in [4.78, 5) is 6.83. The summed E-state index contributed by atoms with van der Waals surface area (Å²) in [6, 6.07) is 20.8. The molecule has 1 N–H and O–H groups in total. The predicted molar refractivity (Wildman–Crippen MR) is 134 cm³/mol. The van der Waals surface area contributed by atoms with Gasteiger partial charge in [-0.05, 0) is 62.7 Å². The number of nitrogens with zero attached hydrogens (tertiary/aromatic N) is 5. The zero-order valence-electron chi connectivity index (χ0n) is 19.7. The molecule has 0 spiro atoms. The third-order valence-corrected chi connectivity index (χ3v) is 6.29. The number of imidazole rings is 1. The van der Waals surface area contributed by atoms with Crippen molar-refractivity contribution in [3.63, 3.8) is 0 Å². The van der Waals surface area contributed by atoms with Crippen molar-refractivity contribution >= 4 is 5.82 Å². The average molecular weight is 455 g/mol. The molecule has 0 radical (unpaired) electrons. The lowest BCUT2D eigenvalue weighted by molar-refractivity contribution is 0.323. The topological polar surface area (TPSA) is 68.1 Å². The molecule has 7 heteroatoms. The largest absolute Gasteiger partial charge is 0.495 e. The first kappa shape index (κ1) is 22.1. The summed E-state index contributed by atoms with van der Waals surface area (Å²) in [6.45, 7) is 5.24. The Morgan fingerprint density at radius 2 is 1.82 bits per heavy atom. The Balaban J connectivity index is 1.35. The number of benzene rings is 2. The van der Waals surface area contributed by atoms with Crippen molar-refractivity contribution in [2.45, 2.75) is 25.8 Å². The van der Waals surface area contributed by atoms with Crippen LogP contribution in [0.5, 0.6) is 5.75 Å². The number of methoxy groups -OCH3 is 1. The second kappa shape index (κ2) is 10.1. The van der Waals surface area contributed by atoms with Crippen LogP contribution in [0.3, 0.4) is 0 Å². The molecule has 5 rings (SSSR count). The number of aryl methyl sites for hydroxylation is 1. The van der Waals surface area contributed by atoms with Gasteiger partial charge in [-0.15, -0.1) is 10.2 Å². The molecular formula is C27H30N6O. The zero-order chi connectivity index (χ0) is 23.3. The standard InChI is InChI=1S/C27H30N6O/c1-20-17-33(19-28-20)25-12-10-22(16-26(25)34-2)23-11-13-27(31-30-23)29-24(18-32-14-6-7-15-32)21-8-4-3-5-9-21/h3-5,8-13,16-17,19,24H,6-7,14-15,18H2,1-2H3,(H,29,31). The lowest BCUT2D eigenvalue weighted by Crippen LogP contribution is -2.29. The molecule has 2 aromatic carbocycles. The van der Waals surface area contributed by atoms with E-state index in [4.69, 9.17) is 4.74 Å². The first-order valence-electron chi connectivity index (χ1n) is 11.8. The Morgan fingerprint density at radius 1 is 1.00 bits per heavy atom. The van der Waals surface area contributed by atoms with E-state index < -0.39 is 0 Å². The van der Waals surface area contributed by atoms with Crippen molar-refractivity contribution < 1.29 is 4.74 Å². The second-order valence-electron chi connectivity index (χ2n) is 8.73. The van der Waals surface area contributed by atoms with Crippen molar-refractivity contribution in [2.75, 3.05) is 32.1 Å². The Labute approximate surface area is 200 Å². The van der Waals surface area contributed by atoms with Gasteiger partial charge in [-0.1, -0.05) is 36.4 Å². The minimum Gasteiger partial charge on any atom is -0.495 e.